The first kappa shape index (κ1) is 16.5. The van der Waals surface area contributed by atoms with Crippen LogP contribution >= 0.6 is 7.60 Å². The normalized spacial score (nSPS) is 13.6. The second kappa shape index (κ2) is 7.31. The van der Waals surface area contributed by atoms with E-state index in [-0.39, 0.29) is 25.0 Å². The van der Waals surface area contributed by atoms with E-state index in [1.54, 1.807) is 19.1 Å². The van der Waals surface area contributed by atoms with Crippen molar-refractivity contribution >= 4 is 14.1 Å². The topological polar surface area (TPSA) is 82.1 Å². The van der Waals surface area contributed by atoms with Gasteiger partial charge in [-0.1, -0.05) is 13.0 Å². The standard InChI is InChI=1S/C13H19O6P/c1-4-11-10(6-7-12(17-3)13(11)15)8-20(16,18-5-2)19-9-14/h6-7,9,15H,4-5,8H2,1-3H3. The molecule has 1 aromatic rings. The predicted octanol–water partition coefficient (Wildman–Crippen LogP) is 2.87. The molecule has 0 radical (unpaired) electrons. The van der Waals surface area contributed by atoms with Crippen LogP contribution in [0.1, 0.15) is 25.0 Å². The monoisotopic (exact) mass is 302 g/mol. The zero-order valence-electron chi connectivity index (χ0n) is 11.8. The molecule has 6 nitrogen and oxygen atoms in total. The summed E-state index contributed by atoms with van der Waals surface area (Å²) in [7, 11) is -2.09. The van der Waals surface area contributed by atoms with Crippen molar-refractivity contribution in [2.75, 3.05) is 13.7 Å². The molecule has 0 amide bonds. The fourth-order valence-electron chi connectivity index (χ4n) is 1.95. The molecule has 1 rings (SSSR count). The number of benzene rings is 1. The molecule has 0 fully saturated rings. The van der Waals surface area contributed by atoms with E-state index in [4.69, 9.17) is 9.26 Å². The molecule has 7 heteroatoms. The molecular weight excluding hydrogens is 283 g/mol. The summed E-state index contributed by atoms with van der Waals surface area (Å²) in [6.45, 7) is 3.79. The van der Waals surface area contributed by atoms with Crippen molar-refractivity contribution in [1.29, 1.82) is 0 Å². The van der Waals surface area contributed by atoms with Crippen molar-refractivity contribution in [3.63, 3.8) is 0 Å². The number of carbonyl (C=O) groups is 1. The van der Waals surface area contributed by atoms with Crippen LogP contribution in [0.2, 0.25) is 0 Å². The van der Waals surface area contributed by atoms with E-state index in [9.17, 15) is 14.5 Å². The van der Waals surface area contributed by atoms with Crippen LogP contribution in [0.5, 0.6) is 11.5 Å². The minimum Gasteiger partial charge on any atom is -0.504 e. The molecule has 0 bridgehead atoms. The Hall–Kier alpha value is -1.52. The number of methoxy groups -OCH3 is 1. The number of phenolic OH excluding ortho intramolecular Hbond substituents is 1. The maximum absolute atomic E-state index is 12.3. The Bertz CT molecular complexity index is 514. The van der Waals surface area contributed by atoms with Crippen molar-refractivity contribution in [2.45, 2.75) is 26.4 Å². The number of hydrogen-bond donors (Lipinski definition) is 1. The highest BCUT2D eigenvalue weighted by molar-refractivity contribution is 7.53. The van der Waals surface area contributed by atoms with E-state index in [1.807, 2.05) is 6.92 Å². The maximum Gasteiger partial charge on any atom is 0.385 e. The van der Waals surface area contributed by atoms with E-state index < -0.39 is 7.60 Å². The Labute approximate surface area is 118 Å². The Morgan fingerprint density at radius 2 is 2.05 bits per heavy atom. The van der Waals surface area contributed by atoms with Crippen LogP contribution in [-0.2, 0) is 31.0 Å². The Balaban J connectivity index is 3.16. The molecule has 0 saturated carbocycles. The first-order chi connectivity index (χ1) is 9.51. The zero-order chi connectivity index (χ0) is 15.2. The van der Waals surface area contributed by atoms with Crippen molar-refractivity contribution in [1.82, 2.24) is 0 Å². The Kier molecular flexibility index (Phi) is 6.05. The van der Waals surface area contributed by atoms with Gasteiger partial charge >= 0.3 is 7.60 Å². The molecule has 0 saturated heterocycles. The molecule has 1 unspecified atom stereocenters. The van der Waals surface area contributed by atoms with Gasteiger partial charge in [-0.3, -0.25) is 9.32 Å². The molecule has 0 aromatic heterocycles. The highest BCUT2D eigenvalue weighted by Crippen LogP contribution is 2.52. The van der Waals surface area contributed by atoms with Gasteiger partial charge < -0.3 is 14.4 Å². The molecule has 0 heterocycles. The number of rotatable bonds is 8. The fourth-order valence-corrected chi connectivity index (χ4v) is 3.41. The van der Waals surface area contributed by atoms with Gasteiger partial charge in [-0.05, 0) is 25.0 Å². The van der Waals surface area contributed by atoms with Gasteiger partial charge in [0.15, 0.2) is 11.5 Å². The summed E-state index contributed by atoms with van der Waals surface area (Å²) in [5.74, 6) is 0.342. The van der Waals surface area contributed by atoms with Crippen molar-refractivity contribution in [2.24, 2.45) is 0 Å². The van der Waals surface area contributed by atoms with Gasteiger partial charge in [0.25, 0.3) is 6.47 Å². The summed E-state index contributed by atoms with van der Waals surface area (Å²) in [6, 6.07) is 3.25. The van der Waals surface area contributed by atoms with Crippen LogP contribution in [0.25, 0.3) is 0 Å². The maximum atomic E-state index is 12.3. The number of aromatic hydroxyl groups is 1. The summed E-state index contributed by atoms with van der Waals surface area (Å²) >= 11 is 0. The lowest BCUT2D eigenvalue weighted by Crippen LogP contribution is -2.01. The minimum absolute atomic E-state index is 0.00153. The first-order valence-corrected chi connectivity index (χ1v) is 7.97. The van der Waals surface area contributed by atoms with Crippen LogP contribution < -0.4 is 4.74 Å². The van der Waals surface area contributed by atoms with Crippen LogP contribution in [0.4, 0.5) is 0 Å². The van der Waals surface area contributed by atoms with Crippen molar-refractivity contribution in [3.05, 3.63) is 23.3 Å². The smallest absolute Gasteiger partial charge is 0.385 e. The quantitative estimate of drug-likeness (QED) is 0.587. The van der Waals surface area contributed by atoms with E-state index in [0.717, 1.165) is 0 Å². The SMILES string of the molecule is CCOP(=O)(Cc1ccc(OC)c(O)c1CC)OC=O. The van der Waals surface area contributed by atoms with Gasteiger partial charge in [-0.2, -0.15) is 0 Å². The van der Waals surface area contributed by atoms with E-state index in [2.05, 4.69) is 4.52 Å². The lowest BCUT2D eigenvalue weighted by molar-refractivity contribution is -0.121. The second-order valence-corrected chi connectivity index (χ2v) is 6.00. The van der Waals surface area contributed by atoms with Crippen LogP contribution in [0.15, 0.2) is 12.1 Å². The number of phenols is 1. The molecule has 1 atom stereocenters. The lowest BCUT2D eigenvalue weighted by Gasteiger charge is -2.18. The second-order valence-electron chi connectivity index (χ2n) is 4.00. The third-order valence-electron chi connectivity index (χ3n) is 2.81. The lowest BCUT2D eigenvalue weighted by atomic mass is 10.0. The highest BCUT2D eigenvalue weighted by Gasteiger charge is 2.27. The molecule has 20 heavy (non-hydrogen) atoms. The molecule has 0 aliphatic rings. The predicted molar refractivity (Wildman–Crippen MR) is 74.1 cm³/mol. The zero-order valence-corrected chi connectivity index (χ0v) is 12.7. The minimum atomic E-state index is -3.54. The third kappa shape index (κ3) is 3.74. The largest absolute Gasteiger partial charge is 0.504 e. The molecule has 0 aliphatic carbocycles. The fraction of sp³-hybridized carbons (Fsp3) is 0.462. The molecule has 1 N–H and O–H groups in total. The summed E-state index contributed by atoms with van der Waals surface area (Å²) in [5.41, 5.74) is 1.20. The number of ether oxygens (including phenoxy) is 1. The molecular formula is C13H19O6P. The first-order valence-electron chi connectivity index (χ1n) is 6.24. The van der Waals surface area contributed by atoms with Gasteiger partial charge in [0, 0.05) is 5.56 Å². The average molecular weight is 302 g/mol. The summed E-state index contributed by atoms with van der Waals surface area (Å²) in [6.07, 6.45) is 0.436. The van der Waals surface area contributed by atoms with Crippen LogP contribution in [-0.4, -0.2) is 25.3 Å². The van der Waals surface area contributed by atoms with Gasteiger partial charge in [0.1, 0.15) is 0 Å². The van der Waals surface area contributed by atoms with Crippen LogP contribution in [0.3, 0.4) is 0 Å². The van der Waals surface area contributed by atoms with Gasteiger partial charge in [-0.15, -0.1) is 0 Å². The van der Waals surface area contributed by atoms with Crippen molar-refractivity contribution in [3.8, 4) is 11.5 Å². The summed E-state index contributed by atoms with van der Waals surface area (Å²) < 4.78 is 27.0. The van der Waals surface area contributed by atoms with E-state index >= 15 is 0 Å². The molecule has 0 spiro atoms. The van der Waals surface area contributed by atoms with Crippen LogP contribution in [0, 0.1) is 0 Å². The average Bonchev–Trinajstić information content (AvgIpc) is 2.39. The summed E-state index contributed by atoms with van der Waals surface area (Å²) in [5, 5.41) is 10.1. The highest BCUT2D eigenvalue weighted by atomic mass is 31.2. The molecule has 1 aromatic carbocycles. The Morgan fingerprint density at radius 3 is 2.55 bits per heavy atom. The van der Waals surface area contributed by atoms with Crippen molar-refractivity contribution < 1.29 is 28.3 Å². The van der Waals surface area contributed by atoms with Gasteiger partial charge in [0.2, 0.25) is 0 Å². The number of carbonyl (C=O) groups excluding carboxylic acids is 1. The van der Waals surface area contributed by atoms with Gasteiger partial charge in [0.05, 0.1) is 19.9 Å². The third-order valence-corrected chi connectivity index (χ3v) is 4.60. The summed E-state index contributed by atoms with van der Waals surface area (Å²) in [4.78, 5) is 10.5. The van der Waals surface area contributed by atoms with Gasteiger partial charge in [-0.25, -0.2) is 4.57 Å². The van der Waals surface area contributed by atoms with E-state index in [1.165, 1.54) is 7.11 Å². The molecule has 112 valence electrons. The molecule has 0 aliphatic heterocycles. The van der Waals surface area contributed by atoms with E-state index in [0.29, 0.717) is 23.3 Å². The Morgan fingerprint density at radius 1 is 1.35 bits per heavy atom. The number of hydrogen-bond acceptors (Lipinski definition) is 6.